The van der Waals surface area contributed by atoms with Gasteiger partial charge in [0.2, 0.25) is 5.91 Å². The highest BCUT2D eigenvalue weighted by molar-refractivity contribution is 6.00. The maximum Gasteiger partial charge on any atom is 0.255 e. The third-order valence-corrected chi connectivity index (χ3v) is 8.43. The first kappa shape index (κ1) is 39.5. The second kappa shape index (κ2) is 19.4. The average molecular weight is 727 g/mol. The Labute approximate surface area is 308 Å². The van der Waals surface area contributed by atoms with Gasteiger partial charge in [0.05, 0.1) is 16.7 Å². The number of carbonyl (C=O) groups excluding carboxylic acids is 4. The molecule has 0 saturated carbocycles. The lowest BCUT2D eigenvalue weighted by Crippen LogP contribution is -2.52. The van der Waals surface area contributed by atoms with Crippen LogP contribution in [0.4, 0.5) is 0 Å². The van der Waals surface area contributed by atoms with E-state index in [1.807, 2.05) is 30.3 Å². The van der Waals surface area contributed by atoms with Crippen LogP contribution in [0.15, 0.2) is 91.0 Å². The number of hydrogen-bond donors (Lipinski definition) is 7. The third kappa shape index (κ3) is 11.1. The summed E-state index contributed by atoms with van der Waals surface area (Å²) in [6.07, 6.45) is 1.29. The predicted octanol–water partition coefficient (Wildman–Crippen LogP) is 4.70. The number of phenols is 4. The van der Waals surface area contributed by atoms with E-state index in [9.17, 15) is 39.6 Å². The second-order valence-corrected chi connectivity index (χ2v) is 12.7. The Morgan fingerprint density at radius 1 is 0.623 bits per heavy atom. The molecule has 1 atom stereocenters. The van der Waals surface area contributed by atoms with Crippen molar-refractivity contribution in [2.45, 2.75) is 45.8 Å². The molecule has 280 valence electrons. The first-order chi connectivity index (χ1) is 25.5. The van der Waals surface area contributed by atoms with Crippen LogP contribution in [0.3, 0.4) is 0 Å². The van der Waals surface area contributed by atoms with Crippen molar-refractivity contribution in [3.05, 3.63) is 113 Å². The molecule has 0 aliphatic rings. The van der Waals surface area contributed by atoms with Crippen LogP contribution in [-0.4, -0.2) is 81.2 Å². The summed E-state index contributed by atoms with van der Waals surface area (Å²) in [5.41, 5.74) is 0.995. The monoisotopic (exact) mass is 726 g/mol. The molecule has 13 heteroatoms. The Hall–Kier alpha value is -6.24. The van der Waals surface area contributed by atoms with E-state index in [1.165, 1.54) is 36.4 Å². The number of carbonyl (C=O) groups is 4. The third-order valence-electron chi connectivity index (χ3n) is 8.43. The van der Waals surface area contributed by atoms with Crippen LogP contribution in [0.5, 0.6) is 28.7 Å². The molecular formula is C40H46N4O9. The molecule has 4 aromatic carbocycles. The van der Waals surface area contributed by atoms with Gasteiger partial charge < -0.3 is 46.0 Å². The van der Waals surface area contributed by atoms with Crippen molar-refractivity contribution >= 4 is 23.6 Å². The average Bonchev–Trinajstić information content (AvgIpc) is 3.15. The van der Waals surface area contributed by atoms with Gasteiger partial charge in [-0.05, 0) is 67.1 Å². The van der Waals surface area contributed by atoms with Gasteiger partial charge in [0.1, 0.15) is 18.4 Å². The van der Waals surface area contributed by atoms with Gasteiger partial charge in [-0.3, -0.25) is 19.2 Å². The van der Waals surface area contributed by atoms with Gasteiger partial charge in [-0.25, -0.2) is 0 Å². The van der Waals surface area contributed by atoms with Crippen molar-refractivity contribution < 1.29 is 44.3 Å². The maximum atomic E-state index is 14.0. The van der Waals surface area contributed by atoms with Crippen LogP contribution >= 0.6 is 0 Å². The van der Waals surface area contributed by atoms with Gasteiger partial charge >= 0.3 is 0 Å². The number of para-hydroxylation sites is 3. The summed E-state index contributed by atoms with van der Waals surface area (Å²) in [7, 11) is 0. The smallest absolute Gasteiger partial charge is 0.255 e. The number of amides is 4. The molecule has 7 N–H and O–H groups in total. The van der Waals surface area contributed by atoms with Gasteiger partial charge in [0.15, 0.2) is 23.0 Å². The van der Waals surface area contributed by atoms with Crippen LogP contribution in [0, 0.1) is 5.92 Å². The topological polar surface area (TPSA) is 198 Å². The molecule has 0 aromatic heterocycles. The minimum Gasteiger partial charge on any atom is -0.507 e. The fourth-order valence-electron chi connectivity index (χ4n) is 5.52. The van der Waals surface area contributed by atoms with Gasteiger partial charge in [-0.1, -0.05) is 68.4 Å². The normalized spacial score (nSPS) is 11.4. The predicted molar refractivity (Wildman–Crippen MR) is 198 cm³/mol. The van der Waals surface area contributed by atoms with Crippen molar-refractivity contribution in [2.75, 3.05) is 26.2 Å². The molecule has 0 bridgehead atoms. The number of nitrogens with zero attached hydrogens (tertiary/aromatic N) is 1. The molecule has 13 nitrogen and oxygen atoms in total. The van der Waals surface area contributed by atoms with E-state index in [1.54, 1.807) is 43.0 Å². The first-order valence-electron chi connectivity index (χ1n) is 17.4. The molecule has 53 heavy (non-hydrogen) atoms. The molecular weight excluding hydrogens is 680 g/mol. The molecule has 4 amide bonds. The number of unbranched alkanes of at least 4 members (excludes halogenated alkanes) is 1. The summed E-state index contributed by atoms with van der Waals surface area (Å²) in [6, 6.07) is 23.1. The maximum absolute atomic E-state index is 14.0. The van der Waals surface area contributed by atoms with Crippen molar-refractivity contribution in [3.8, 4) is 28.7 Å². The number of phenolic OH excluding ortho intramolecular Hbond substituents is 4. The minimum absolute atomic E-state index is 0.0338. The zero-order valence-corrected chi connectivity index (χ0v) is 29.7. The zero-order chi connectivity index (χ0) is 38.3. The lowest BCUT2D eigenvalue weighted by molar-refractivity contribution is -0.134. The van der Waals surface area contributed by atoms with Crippen molar-refractivity contribution in [1.82, 2.24) is 20.9 Å². The van der Waals surface area contributed by atoms with Crippen LogP contribution in [0.25, 0.3) is 0 Å². The lowest BCUT2D eigenvalue weighted by Gasteiger charge is -2.30. The van der Waals surface area contributed by atoms with Gasteiger partial charge in [-0.15, -0.1) is 0 Å². The van der Waals surface area contributed by atoms with E-state index < -0.39 is 35.3 Å². The quantitative estimate of drug-likeness (QED) is 0.0561. The first-order valence-corrected chi connectivity index (χ1v) is 17.4. The SMILES string of the molecule is CC(C)[C@H](NC(=O)c1ccccc1O)C(=O)N(CCCCNC(=O)c1cccc(O)c1OCc1ccccc1)CCCNC(=O)c1cccc(O)c1O. The molecule has 4 rings (SSSR count). The zero-order valence-electron chi connectivity index (χ0n) is 29.7. The van der Waals surface area contributed by atoms with E-state index in [0.717, 1.165) is 5.56 Å². The van der Waals surface area contributed by atoms with E-state index in [-0.39, 0.29) is 78.5 Å². The highest BCUT2D eigenvalue weighted by Crippen LogP contribution is 2.31. The molecule has 0 spiro atoms. The van der Waals surface area contributed by atoms with Gasteiger partial charge in [-0.2, -0.15) is 0 Å². The van der Waals surface area contributed by atoms with Crippen molar-refractivity contribution in [3.63, 3.8) is 0 Å². The molecule has 0 radical (unpaired) electrons. The molecule has 0 aliphatic heterocycles. The van der Waals surface area contributed by atoms with E-state index in [0.29, 0.717) is 19.3 Å². The summed E-state index contributed by atoms with van der Waals surface area (Å²) in [5, 5.41) is 48.7. The Kier molecular flexibility index (Phi) is 14.5. The largest absolute Gasteiger partial charge is 0.507 e. The van der Waals surface area contributed by atoms with Gasteiger partial charge in [0, 0.05) is 26.2 Å². The van der Waals surface area contributed by atoms with Crippen LogP contribution in [0.2, 0.25) is 0 Å². The number of benzene rings is 4. The Morgan fingerprint density at radius 3 is 1.89 bits per heavy atom. The summed E-state index contributed by atoms with van der Waals surface area (Å²) in [4.78, 5) is 54.4. The summed E-state index contributed by atoms with van der Waals surface area (Å²) < 4.78 is 5.81. The van der Waals surface area contributed by atoms with Crippen molar-refractivity contribution in [1.29, 1.82) is 0 Å². The van der Waals surface area contributed by atoms with E-state index >= 15 is 0 Å². The van der Waals surface area contributed by atoms with Gasteiger partial charge in [0.25, 0.3) is 17.7 Å². The van der Waals surface area contributed by atoms with Crippen LogP contribution < -0.4 is 20.7 Å². The molecule has 0 aliphatic carbocycles. The van der Waals surface area contributed by atoms with Crippen molar-refractivity contribution in [2.24, 2.45) is 5.92 Å². The Balaban J connectivity index is 1.37. The molecule has 0 unspecified atom stereocenters. The molecule has 0 saturated heterocycles. The standard InChI is InChI=1S/C40H46N4O9/c1-26(2)34(43-39(51)28-15-6-7-18-31(28)45)40(52)44(24-12-22-42-37(49)29-16-10-19-32(46)35(29)48)23-9-8-21-41-38(50)30-17-11-20-33(47)36(30)53-25-27-13-4-3-5-14-27/h3-7,10-11,13-20,26,34,45-48H,8-9,12,21-25H2,1-2H3,(H,41,50)(H,42,49)(H,43,51)/t34-/m0/s1. The number of ether oxygens (including phenoxy) is 1. The number of nitrogens with one attached hydrogen (secondary N) is 3. The fourth-order valence-corrected chi connectivity index (χ4v) is 5.52. The van der Waals surface area contributed by atoms with Crippen LogP contribution in [-0.2, 0) is 11.4 Å². The summed E-state index contributed by atoms with van der Waals surface area (Å²) >= 11 is 0. The molecule has 0 fully saturated rings. The lowest BCUT2D eigenvalue weighted by atomic mass is 10.0. The number of hydrogen-bond acceptors (Lipinski definition) is 9. The summed E-state index contributed by atoms with van der Waals surface area (Å²) in [6.45, 7) is 4.63. The highest BCUT2D eigenvalue weighted by Gasteiger charge is 2.29. The highest BCUT2D eigenvalue weighted by atomic mass is 16.5. The second-order valence-electron chi connectivity index (χ2n) is 12.7. The minimum atomic E-state index is -0.930. The summed E-state index contributed by atoms with van der Waals surface area (Å²) in [5.74, 6) is -3.56. The molecule has 4 aromatic rings. The Bertz CT molecular complexity index is 1870. The number of rotatable bonds is 18. The number of aromatic hydroxyl groups is 4. The van der Waals surface area contributed by atoms with E-state index in [2.05, 4.69) is 16.0 Å². The Morgan fingerprint density at radius 2 is 1.19 bits per heavy atom. The van der Waals surface area contributed by atoms with E-state index in [4.69, 9.17) is 4.74 Å². The van der Waals surface area contributed by atoms with Crippen LogP contribution in [0.1, 0.15) is 69.7 Å². The fraction of sp³-hybridized carbons (Fsp3) is 0.300. The molecule has 0 heterocycles.